The van der Waals surface area contributed by atoms with Gasteiger partial charge in [0, 0.05) is 17.8 Å². The molecule has 0 atom stereocenters. The normalized spacial score (nSPS) is 23.3. The summed E-state index contributed by atoms with van der Waals surface area (Å²) in [5, 5.41) is 3.65. The van der Waals surface area contributed by atoms with Crippen molar-refractivity contribution in [3.63, 3.8) is 0 Å². The largest absolute Gasteiger partial charge is 0.454 e. The Kier molecular flexibility index (Phi) is 3.63. The Labute approximate surface area is 131 Å². The van der Waals surface area contributed by atoms with Gasteiger partial charge in [-0.25, -0.2) is 0 Å². The van der Waals surface area contributed by atoms with Crippen molar-refractivity contribution in [1.82, 2.24) is 0 Å². The van der Waals surface area contributed by atoms with Gasteiger partial charge in [0.1, 0.15) is 0 Å². The van der Waals surface area contributed by atoms with Gasteiger partial charge in [-0.1, -0.05) is 30.3 Å². The van der Waals surface area contributed by atoms with Crippen molar-refractivity contribution < 1.29 is 9.47 Å². The van der Waals surface area contributed by atoms with Gasteiger partial charge in [-0.15, -0.1) is 0 Å². The third-order valence-corrected chi connectivity index (χ3v) is 4.74. The first-order chi connectivity index (χ1) is 10.9. The van der Waals surface area contributed by atoms with E-state index in [4.69, 9.17) is 9.47 Å². The number of fused-ring (bicyclic) bond motifs is 1. The Morgan fingerprint density at radius 3 is 2.41 bits per heavy atom. The summed E-state index contributed by atoms with van der Waals surface area (Å²) in [5.74, 6) is 2.41. The van der Waals surface area contributed by atoms with Crippen LogP contribution in [0.5, 0.6) is 11.5 Å². The molecule has 2 aliphatic rings. The SMILES string of the molecule is c1ccc(C2CCC(Nc3ccc4c(c3)OCO4)CC2)cc1. The van der Waals surface area contributed by atoms with Crippen molar-refractivity contribution in [3.05, 3.63) is 54.1 Å². The maximum Gasteiger partial charge on any atom is 0.231 e. The van der Waals surface area contributed by atoms with Gasteiger partial charge < -0.3 is 14.8 Å². The van der Waals surface area contributed by atoms with Gasteiger partial charge in [0.05, 0.1) is 0 Å². The number of hydrogen-bond acceptors (Lipinski definition) is 3. The van der Waals surface area contributed by atoms with Crippen molar-refractivity contribution >= 4 is 5.69 Å². The molecule has 2 aromatic rings. The maximum atomic E-state index is 5.44. The van der Waals surface area contributed by atoms with Gasteiger partial charge in [-0.3, -0.25) is 0 Å². The van der Waals surface area contributed by atoms with Crippen molar-refractivity contribution in [2.24, 2.45) is 0 Å². The van der Waals surface area contributed by atoms with Crippen LogP contribution in [0.1, 0.15) is 37.2 Å². The quantitative estimate of drug-likeness (QED) is 0.901. The van der Waals surface area contributed by atoms with Gasteiger partial charge in [-0.05, 0) is 49.3 Å². The second-order valence-electron chi connectivity index (χ2n) is 6.17. The Balaban J connectivity index is 1.36. The number of ether oxygens (including phenoxy) is 2. The molecule has 0 aromatic heterocycles. The van der Waals surface area contributed by atoms with E-state index in [1.165, 1.54) is 31.2 Å². The van der Waals surface area contributed by atoms with E-state index in [2.05, 4.69) is 41.7 Å². The molecule has 114 valence electrons. The maximum absolute atomic E-state index is 5.44. The molecule has 0 saturated heterocycles. The highest BCUT2D eigenvalue weighted by molar-refractivity contribution is 5.56. The summed E-state index contributed by atoms with van der Waals surface area (Å²) in [5.41, 5.74) is 2.62. The molecule has 2 aromatic carbocycles. The minimum atomic E-state index is 0.334. The van der Waals surface area contributed by atoms with E-state index >= 15 is 0 Å². The van der Waals surface area contributed by atoms with Crippen LogP contribution in [0.3, 0.4) is 0 Å². The zero-order valence-electron chi connectivity index (χ0n) is 12.6. The average molecular weight is 295 g/mol. The molecular formula is C19H21NO2. The Morgan fingerprint density at radius 1 is 0.818 bits per heavy atom. The van der Waals surface area contributed by atoms with Crippen LogP contribution < -0.4 is 14.8 Å². The second kappa shape index (κ2) is 5.91. The molecule has 1 aliphatic heterocycles. The molecule has 22 heavy (non-hydrogen) atoms. The van der Waals surface area contributed by atoms with Crippen molar-refractivity contribution in [3.8, 4) is 11.5 Å². The van der Waals surface area contributed by atoms with Gasteiger partial charge in [0.2, 0.25) is 6.79 Å². The van der Waals surface area contributed by atoms with Crippen molar-refractivity contribution in [2.45, 2.75) is 37.6 Å². The lowest BCUT2D eigenvalue weighted by atomic mass is 9.82. The highest BCUT2D eigenvalue weighted by Gasteiger charge is 2.22. The number of benzene rings is 2. The Bertz CT molecular complexity index is 633. The fraction of sp³-hybridized carbons (Fsp3) is 0.368. The molecule has 1 N–H and O–H groups in total. The van der Waals surface area contributed by atoms with E-state index in [9.17, 15) is 0 Å². The van der Waals surface area contributed by atoms with Crippen LogP contribution >= 0.6 is 0 Å². The first-order valence-electron chi connectivity index (χ1n) is 8.09. The van der Waals surface area contributed by atoms with Crippen molar-refractivity contribution in [1.29, 1.82) is 0 Å². The predicted octanol–water partition coefficient (Wildman–Crippen LogP) is 4.55. The number of anilines is 1. The monoisotopic (exact) mass is 295 g/mol. The third kappa shape index (κ3) is 2.76. The molecule has 1 heterocycles. The molecule has 0 radical (unpaired) electrons. The molecule has 1 aliphatic carbocycles. The summed E-state index contributed by atoms with van der Waals surface area (Å²) < 4.78 is 10.8. The summed E-state index contributed by atoms with van der Waals surface area (Å²) in [6, 6.07) is 17.6. The summed E-state index contributed by atoms with van der Waals surface area (Å²) in [6.07, 6.45) is 4.94. The Hall–Kier alpha value is -2.16. The molecule has 0 amide bonds. The van der Waals surface area contributed by atoms with Crippen LogP contribution in [0.25, 0.3) is 0 Å². The zero-order chi connectivity index (χ0) is 14.8. The van der Waals surface area contributed by atoms with E-state index < -0.39 is 0 Å². The second-order valence-corrected chi connectivity index (χ2v) is 6.17. The molecule has 4 rings (SSSR count). The van der Waals surface area contributed by atoms with E-state index in [-0.39, 0.29) is 0 Å². The molecule has 0 bridgehead atoms. The number of nitrogens with one attached hydrogen (secondary N) is 1. The summed E-state index contributed by atoms with van der Waals surface area (Å²) in [4.78, 5) is 0. The lowest BCUT2D eigenvalue weighted by Crippen LogP contribution is -2.25. The smallest absolute Gasteiger partial charge is 0.231 e. The highest BCUT2D eigenvalue weighted by atomic mass is 16.7. The summed E-state index contributed by atoms with van der Waals surface area (Å²) >= 11 is 0. The summed E-state index contributed by atoms with van der Waals surface area (Å²) in [7, 11) is 0. The molecule has 1 fully saturated rings. The van der Waals surface area contributed by atoms with Crippen LogP contribution in [-0.2, 0) is 0 Å². The molecule has 0 unspecified atom stereocenters. The van der Waals surface area contributed by atoms with Crippen molar-refractivity contribution in [2.75, 3.05) is 12.1 Å². The average Bonchev–Trinajstić information content (AvgIpc) is 3.04. The van der Waals surface area contributed by atoms with E-state index in [1.54, 1.807) is 0 Å². The standard InChI is InChI=1S/C19H21NO2/c1-2-4-14(5-3-1)15-6-8-16(9-7-15)20-17-10-11-18-19(12-17)22-13-21-18/h1-5,10-12,15-16,20H,6-9,13H2. The molecule has 3 heteroatoms. The molecular weight excluding hydrogens is 274 g/mol. The summed E-state index contributed by atoms with van der Waals surface area (Å²) in [6.45, 7) is 0.334. The lowest BCUT2D eigenvalue weighted by Gasteiger charge is -2.30. The van der Waals surface area contributed by atoms with Gasteiger partial charge in [-0.2, -0.15) is 0 Å². The van der Waals surface area contributed by atoms with E-state index in [0.717, 1.165) is 23.1 Å². The number of hydrogen-bond donors (Lipinski definition) is 1. The zero-order valence-corrected chi connectivity index (χ0v) is 12.6. The Morgan fingerprint density at radius 2 is 1.59 bits per heavy atom. The fourth-order valence-electron chi connectivity index (χ4n) is 3.52. The molecule has 0 spiro atoms. The minimum Gasteiger partial charge on any atom is -0.454 e. The minimum absolute atomic E-state index is 0.334. The lowest BCUT2D eigenvalue weighted by molar-refractivity contribution is 0.174. The van der Waals surface area contributed by atoms with Gasteiger partial charge >= 0.3 is 0 Å². The molecule has 3 nitrogen and oxygen atoms in total. The van der Waals surface area contributed by atoms with Crippen LogP contribution in [0.15, 0.2) is 48.5 Å². The fourth-order valence-corrected chi connectivity index (χ4v) is 3.52. The highest BCUT2D eigenvalue weighted by Crippen LogP contribution is 2.37. The predicted molar refractivity (Wildman–Crippen MR) is 87.6 cm³/mol. The van der Waals surface area contributed by atoms with Crippen LogP contribution in [-0.4, -0.2) is 12.8 Å². The van der Waals surface area contributed by atoms with Gasteiger partial charge in [0.15, 0.2) is 11.5 Å². The van der Waals surface area contributed by atoms with Gasteiger partial charge in [0.25, 0.3) is 0 Å². The van der Waals surface area contributed by atoms with E-state index in [0.29, 0.717) is 12.8 Å². The van der Waals surface area contributed by atoms with Crippen LogP contribution in [0.4, 0.5) is 5.69 Å². The number of rotatable bonds is 3. The topological polar surface area (TPSA) is 30.5 Å². The molecule has 1 saturated carbocycles. The third-order valence-electron chi connectivity index (χ3n) is 4.74. The first-order valence-corrected chi connectivity index (χ1v) is 8.09. The van der Waals surface area contributed by atoms with Crippen LogP contribution in [0.2, 0.25) is 0 Å². The first kappa shape index (κ1) is 13.5. The van der Waals surface area contributed by atoms with E-state index in [1.807, 2.05) is 12.1 Å². The van der Waals surface area contributed by atoms with Crippen LogP contribution in [0, 0.1) is 0 Å².